The van der Waals surface area contributed by atoms with Gasteiger partial charge in [-0.2, -0.15) is 0 Å². The number of nitrogens with two attached hydrogens (primary N) is 1. The predicted molar refractivity (Wildman–Crippen MR) is 90.9 cm³/mol. The number of fused-ring (bicyclic) bond motifs is 1. The van der Waals surface area contributed by atoms with Crippen molar-refractivity contribution >= 4 is 39.2 Å². The average molecular weight is 393 g/mol. The highest BCUT2D eigenvalue weighted by Crippen LogP contribution is 2.30. The van der Waals surface area contributed by atoms with Crippen LogP contribution in [0.5, 0.6) is 11.5 Å². The normalized spacial score (nSPS) is 10.8. The zero-order chi connectivity index (χ0) is 15.0. The summed E-state index contributed by atoms with van der Waals surface area (Å²) in [5.74, 6) is 1.32. The number of halogens is 1. The summed E-state index contributed by atoms with van der Waals surface area (Å²) >= 11 is 2.16. The molecule has 2 N–H and O–H groups in total. The van der Waals surface area contributed by atoms with Gasteiger partial charge in [0.25, 0.3) is 0 Å². The molecule has 0 aliphatic rings. The number of rotatable bonds is 2. The molecule has 0 atom stereocenters. The molecule has 3 aromatic rings. The third-order valence-electron chi connectivity index (χ3n) is 3.11. The lowest BCUT2D eigenvalue weighted by molar-refractivity contribution is 0.477. The van der Waals surface area contributed by atoms with Crippen molar-refractivity contribution in [1.82, 2.24) is 0 Å². The molecule has 0 saturated carbocycles. The van der Waals surface area contributed by atoms with Gasteiger partial charge in [-0.1, -0.05) is 0 Å². The third-order valence-corrected chi connectivity index (χ3v) is 3.95. The summed E-state index contributed by atoms with van der Waals surface area (Å²) in [6.07, 6.45) is 0. The van der Waals surface area contributed by atoms with Crippen molar-refractivity contribution in [3.63, 3.8) is 0 Å². The fourth-order valence-electron chi connectivity index (χ4n) is 2.10. The van der Waals surface area contributed by atoms with E-state index in [2.05, 4.69) is 22.6 Å². The first kappa shape index (κ1) is 13.9. The van der Waals surface area contributed by atoms with Gasteiger partial charge in [-0.05, 0) is 65.4 Å². The fourth-order valence-corrected chi connectivity index (χ4v) is 2.75. The highest BCUT2D eigenvalue weighted by Gasteiger charge is 2.07. The Bertz CT molecular complexity index is 886. The first-order chi connectivity index (χ1) is 10.0. The second-order valence-corrected chi connectivity index (χ2v) is 5.86. The van der Waals surface area contributed by atoms with Crippen molar-refractivity contribution in [3.05, 3.63) is 62.0 Å². The molecule has 2 aromatic carbocycles. The molecule has 106 valence electrons. The van der Waals surface area contributed by atoms with Gasteiger partial charge in [-0.15, -0.1) is 0 Å². The van der Waals surface area contributed by atoms with Crippen LogP contribution in [-0.4, -0.2) is 0 Å². The van der Waals surface area contributed by atoms with Crippen molar-refractivity contribution in [3.8, 4) is 11.5 Å². The fraction of sp³-hybridized carbons (Fsp3) is 0.0625. The van der Waals surface area contributed by atoms with Crippen molar-refractivity contribution in [2.75, 3.05) is 5.73 Å². The minimum Gasteiger partial charge on any atom is -0.456 e. The second kappa shape index (κ2) is 5.40. The molecule has 0 unspecified atom stereocenters. The minimum atomic E-state index is -0.362. The van der Waals surface area contributed by atoms with Crippen molar-refractivity contribution in [2.24, 2.45) is 0 Å². The molecule has 3 rings (SSSR count). The Labute approximate surface area is 134 Å². The molecule has 1 heterocycles. The van der Waals surface area contributed by atoms with Crippen LogP contribution in [0, 0.1) is 10.5 Å². The van der Waals surface area contributed by atoms with Gasteiger partial charge in [0.15, 0.2) is 0 Å². The number of ether oxygens (including phenoxy) is 1. The molecule has 0 saturated heterocycles. The van der Waals surface area contributed by atoms with E-state index in [-0.39, 0.29) is 5.63 Å². The van der Waals surface area contributed by atoms with Gasteiger partial charge < -0.3 is 14.9 Å². The van der Waals surface area contributed by atoms with Crippen LogP contribution in [0.2, 0.25) is 0 Å². The van der Waals surface area contributed by atoms with E-state index >= 15 is 0 Å². The first-order valence-electron chi connectivity index (χ1n) is 6.30. The Hall–Kier alpha value is -2.02. The van der Waals surface area contributed by atoms with E-state index in [1.165, 1.54) is 6.07 Å². The number of hydrogen-bond acceptors (Lipinski definition) is 4. The van der Waals surface area contributed by atoms with Crippen molar-refractivity contribution in [2.45, 2.75) is 6.92 Å². The smallest absolute Gasteiger partial charge is 0.336 e. The van der Waals surface area contributed by atoms with Crippen LogP contribution in [-0.2, 0) is 0 Å². The molecule has 1 aromatic heterocycles. The quantitative estimate of drug-likeness (QED) is 0.405. The van der Waals surface area contributed by atoms with Crippen LogP contribution < -0.4 is 16.1 Å². The van der Waals surface area contributed by atoms with E-state index in [1.807, 2.05) is 31.2 Å². The molecular formula is C16H12INO3. The van der Waals surface area contributed by atoms with Gasteiger partial charge in [-0.3, -0.25) is 0 Å². The molecule has 0 radical (unpaired) electrons. The maximum atomic E-state index is 11.4. The van der Waals surface area contributed by atoms with Crippen LogP contribution >= 0.6 is 22.6 Å². The lowest BCUT2D eigenvalue weighted by atomic mass is 10.1. The lowest BCUT2D eigenvalue weighted by Crippen LogP contribution is -1.98. The molecule has 0 fully saturated rings. The minimum absolute atomic E-state index is 0.362. The Balaban J connectivity index is 2.03. The van der Waals surface area contributed by atoms with Gasteiger partial charge in [0.2, 0.25) is 0 Å². The summed E-state index contributed by atoms with van der Waals surface area (Å²) < 4.78 is 12.0. The number of anilines is 1. The first-order valence-corrected chi connectivity index (χ1v) is 7.38. The monoisotopic (exact) mass is 393 g/mol. The molecule has 0 amide bonds. The molecule has 0 spiro atoms. The molecule has 5 heteroatoms. The van der Waals surface area contributed by atoms with Crippen LogP contribution in [0.1, 0.15) is 5.56 Å². The summed E-state index contributed by atoms with van der Waals surface area (Å²) in [7, 11) is 0. The SMILES string of the molecule is Cc1cc(=O)oc2cc(Oc3ccc(N)cc3I)ccc12. The maximum Gasteiger partial charge on any atom is 0.336 e. The largest absolute Gasteiger partial charge is 0.456 e. The number of benzene rings is 2. The zero-order valence-corrected chi connectivity index (χ0v) is 13.4. The third kappa shape index (κ3) is 2.87. The summed E-state index contributed by atoms with van der Waals surface area (Å²) in [6.45, 7) is 1.88. The molecule has 4 nitrogen and oxygen atoms in total. The number of nitrogen functional groups attached to an aromatic ring is 1. The summed E-state index contributed by atoms with van der Waals surface area (Å²) in [4.78, 5) is 11.4. The van der Waals surface area contributed by atoms with Crippen LogP contribution in [0.4, 0.5) is 5.69 Å². The summed E-state index contributed by atoms with van der Waals surface area (Å²) in [5, 5.41) is 0.897. The Morgan fingerprint density at radius 2 is 1.95 bits per heavy atom. The van der Waals surface area contributed by atoms with E-state index in [1.54, 1.807) is 12.1 Å². The Morgan fingerprint density at radius 3 is 2.71 bits per heavy atom. The van der Waals surface area contributed by atoms with Crippen molar-refractivity contribution < 1.29 is 9.15 Å². The van der Waals surface area contributed by atoms with Crippen molar-refractivity contribution in [1.29, 1.82) is 0 Å². The second-order valence-electron chi connectivity index (χ2n) is 4.70. The van der Waals surface area contributed by atoms with Gasteiger partial charge in [0.05, 0.1) is 3.57 Å². The lowest BCUT2D eigenvalue weighted by Gasteiger charge is -2.09. The number of aryl methyl sites for hydroxylation is 1. The molecular weight excluding hydrogens is 381 g/mol. The van der Waals surface area contributed by atoms with Crippen LogP contribution in [0.15, 0.2) is 51.7 Å². The average Bonchev–Trinajstić information content (AvgIpc) is 2.41. The standard InChI is InChI=1S/C16H12INO3/c1-9-6-16(19)21-15-8-11(3-4-12(9)15)20-14-5-2-10(18)7-13(14)17/h2-8H,18H2,1H3. The number of hydrogen-bond donors (Lipinski definition) is 1. The molecule has 0 aliphatic carbocycles. The van der Waals surface area contributed by atoms with E-state index in [0.29, 0.717) is 22.8 Å². The van der Waals surface area contributed by atoms with E-state index in [0.717, 1.165) is 14.5 Å². The van der Waals surface area contributed by atoms with E-state index < -0.39 is 0 Å². The molecule has 0 aliphatic heterocycles. The van der Waals surface area contributed by atoms with E-state index in [9.17, 15) is 4.79 Å². The summed E-state index contributed by atoms with van der Waals surface area (Å²) in [5.41, 5.74) is 7.44. The Morgan fingerprint density at radius 1 is 1.14 bits per heavy atom. The predicted octanol–water partition coefficient (Wildman–Crippen LogP) is 4.08. The molecule has 21 heavy (non-hydrogen) atoms. The van der Waals surface area contributed by atoms with Crippen LogP contribution in [0.25, 0.3) is 11.0 Å². The van der Waals surface area contributed by atoms with Gasteiger partial charge in [0.1, 0.15) is 17.1 Å². The van der Waals surface area contributed by atoms with E-state index in [4.69, 9.17) is 14.9 Å². The van der Waals surface area contributed by atoms with Gasteiger partial charge >= 0.3 is 5.63 Å². The van der Waals surface area contributed by atoms with Gasteiger partial charge in [-0.25, -0.2) is 4.79 Å². The molecule has 0 bridgehead atoms. The maximum absolute atomic E-state index is 11.4. The highest BCUT2D eigenvalue weighted by molar-refractivity contribution is 14.1. The van der Waals surface area contributed by atoms with Crippen LogP contribution in [0.3, 0.4) is 0 Å². The topological polar surface area (TPSA) is 65.5 Å². The Kier molecular flexibility index (Phi) is 3.59. The zero-order valence-electron chi connectivity index (χ0n) is 11.2. The van der Waals surface area contributed by atoms with Gasteiger partial charge in [0, 0.05) is 23.2 Å². The summed E-state index contributed by atoms with van der Waals surface area (Å²) in [6, 6.07) is 12.4. The highest BCUT2D eigenvalue weighted by atomic mass is 127.